The van der Waals surface area contributed by atoms with E-state index in [1.165, 1.54) is 7.05 Å². The van der Waals surface area contributed by atoms with Crippen molar-refractivity contribution in [1.29, 1.82) is 0 Å². The molecule has 0 aromatic rings. The van der Waals surface area contributed by atoms with E-state index in [2.05, 4.69) is 4.72 Å². The zero-order valence-corrected chi connectivity index (χ0v) is 15.9. The minimum atomic E-state index is -3.76. The predicted octanol–water partition coefficient (Wildman–Crippen LogP) is 2.54. The van der Waals surface area contributed by atoms with Gasteiger partial charge < -0.3 is 4.74 Å². The van der Waals surface area contributed by atoms with Crippen LogP contribution in [0.5, 0.6) is 0 Å². The summed E-state index contributed by atoms with van der Waals surface area (Å²) in [5.74, 6) is 0.560. The predicted molar refractivity (Wildman–Crippen MR) is 89.4 cm³/mol. The van der Waals surface area contributed by atoms with Crippen LogP contribution >= 0.6 is 0 Å². The Bertz CT molecular complexity index is 613. The van der Waals surface area contributed by atoms with Gasteiger partial charge in [-0.25, -0.2) is 0 Å². The Morgan fingerprint density at radius 2 is 1.71 bits per heavy atom. The van der Waals surface area contributed by atoms with Crippen LogP contribution in [0, 0.1) is 17.3 Å². The van der Waals surface area contributed by atoms with Crippen molar-refractivity contribution in [2.24, 2.45) is 17.3 Å². The Hall–Kier alpha value is -0.660. The van der Waals surface area contributed by atoms with Gasteiger partial charge in [0.25, 0.3) is 0 Å². The number of nitrogens with one attached hydrogen (secondary N) is 1. The first kappa shape index (κ1) is 18.1. The van der Waals surface area contributed by atoms with Crippen molar-refractivity contribution in [3.63, 3.8) is 0 Å². The summed E-state index contributed by atoms with van der Waals surface area (Å²) in [7, 11) is -2.40. The highest BCUT2D eigenvalue weighted by atomic mass is 32.2. The average Bonchev–Trinajstić information content (AvgIpc) is 2.44. The number of ether oxygens (including phenoxy) is 1. The zero-order chi connectivity index (χ0) is 17.8. The molecule has 4 saturated carbocycles. The van der Waals surface area contributed by atoms with Crippen LogP contribution in [0.25, 0.3) is 0 Å². The Kier molecular flexibility index (Phi) is 4.29. The third-order valence-corrected chi connectivity index (χ3v) is 7.31. The molecular formula is C17H29NO5S. The quantitative estimate of drug-likeness (QED) is 0.737. The molecule has 0 heterocycles. The molecule has 24 heavy (non-hydrogen) atoms. The fourth-order valence-electron chi connectivity index (χ4n) is 5.07. The SMILES string of the molecule is CCC(C)(C)C(=O)OC12CC3CC(C1)CC(OS(=O)(=O)NC)(C3)C2. The van der Waals surface area contributed by atoms with E-state index in [0.717, 1.165) is 32.1 Å². The molecule has 4 rings (SSSR count). The van der Waals surface area contributed by atoms with Crippen LogP contribution in [0.3, 0.4) is 0 Å². The monoisotopic (exact) mass is 359 g/mol. The summed E-state index contributed by atoms with van der Waals surface area (Å²) in [5, 5.41) is 0. The molecule has 4 aliphatic carbocycles. The number of esters is 1. The fraction of sp³-hybridized carbons (Fsp3) is 0.941. The first-order chi connectivity index (χ1) is 11.0. The molecule has 138 valence electrons. The van der Waals surface area contributed by atoms with Gasteiger partial charge in [-0.2, -0.15) is 13.1 Å². The largest absolute Gasteiger partial charge is 0.459 e. The molecular weight excluding hydrogens is 330 g/mol. The van der Waals surface area contributed by atoms with Crippen LogP contribution in [0.15, 0.2) is 0 Å². The summed E-state index contributed by atoms with van der Waals surface area (Å²) in [6.45, 7) is 5.77. The lowest BCUT2D eigenvalue weighted by atomic mass is 9.52. The smallest absolute Gasteiger partial charge is 0.336 e. The number of rotatable bonds is 6. The Morgan fingerprint density at radius 3 is 2.21 bits per heavy atom. The second-order valence-electron chi connectivity index (χ2n) is 8.70. The number of hydrogen-bond donors (Lipinski definition) is 1. The molecule has 0 spiro atoms. The minimum absolute atomic E-state index is 0.182. The van der Waals surface area contributed by atoms with Gasteiger partial charge in [0.2, 0.25) is 0 Å². The molecule has 0 aromatic carbocycles. The Labute approximate surface area is 144 Å². The standard InChI is InChI=1S/C17H29NO5S/c1-5-15(2,3)14(19)22-16-7-12-6-13(8-16)10-17(9-12,11-16)23-24(20,21)18-4/h12-13,18H,5-11H2,1-4H3. The lowest BCUT2D eigenvalue weighted by Crippen LogP contribution is -2.62. The molecule has 0 aliphatic heterocycles. The molecule has 0 aromatic heterocycles. The van der Waals surface area contributed by atoms with Gasteiger partial charge in [-0.3, -0.25) is 8.98 Å². The van der Waals surface area contributed by atoms with E-state index in [0.29, 0.717) is 24.7 Å². The molecule has 2 atom stereocenters. The Morgan fingerprint density at radius 1 is 1.17 bits per heavy atom. The van der Waals surface area contributed by atoms with Crippen molar-refractivity contribution in [3.8, 4) is 0 Å². The minimum Gasteiger partial charge on any atom is -0.459 e. The molecule has 0 amide bonds. The van der Waals surface area contributed by atoms with Crippen LogP contribution in [0.1, 0.15) is 65.7 Å². The Balaban J connectivity index is 1.84. The van der Waals surface area contributed by atoms with Crippen LogP contribution in [0.2, 0.25) is 0 Å². The van der Waals surface area contributed by atoms with E-state index < -0.39 is 26.9 Å². The maximum atomic E-state index is 12.6. The molecule has 4 aliphatic rings. The lowest BCUT2D eigenvalue weighted by Gasteiger charge is -2.60. The van der Waals surface area contributed by atoms with Gasteiger partial charge in [-0.15, -0.1) is 0 Å². The van der Waals surface area contributed by atoms with Crippen molar-refractivity contribution in [2.75, 3.05) is 7.05 Å². The third-order valence-electron chi connectivity index (χ3n) is 6.24. The maximum Gasteiger partial charge on any atom is 0.336 e. The number of carbonyl (C=O) groups is 1. The van der Waals surface area contributed by atoms with Gasteiger partial charge in [0.15, 0.2) is 0 Å². The summed E-state index contributed by atoms with van der Waals surface area (Å²) < 4.78 is 37.8. The average molecular weight is 359 g/mol. The topological polar surface area (TPSA) is 81.7 Å². The first-order valence-electron chi connectivity index (χ1n) is 8.90. The van der Waals surface area contributed by atoms with Gasteiger partial charge in [0, 0.05) is 13.5 Å². The summed E-state index contributed by atoms with van der Waals surface area (Å²) in [5.41, 5.74) is -1.80. The van der Waals surface area contributed by atoms with Crippen LogP contribution < -0.4 is 4.72 Å². The van der Waals surface area contributed by atoms with E-state index in [1.807, 2.05) is 20.8 Å². The molecule has 7 heteroatoms. The highest BCUT2D eigenvalue weighted by molar-refractivity contribution is 7.84. The second-order valence-corrected chi connectivity index (χ2v) is 10.2. The van der Waals surface area contributed by atoms with E-state index in [-0.39, 0.29) is 5.97 Å². The van der Waals surface area contributed by atoms with Gasteiger partial charge in [-0.05, 0) is 64.2 Å². The first-order valence-corrected chi connectivity index (χ1v) is 10.3. The summed E-state index contributed by atoms with van der Waals surface area (Å²) in [4.78, 5) is 12.6. The van der Waals surface area contributed by atoms with Crippen LogP contribution in [-0.2, 0) is 24.0 Å². The number of hydrogen-bond acceptors (Lipinski definition) is 5. The summed E-state index contributed by atoms with van der Waals surface area (Å²) >= 11 is 0. The van der Waals surface area contributed by atoms with Crippen molar-refractivity contribution in [3.05, 3.63) is 0 Å². The van der Waals surface area contributed by atoms with E-state index in [1.54, 1.807) is 0 Å². The van der Waals surface area contributed by atoms with Crippen molar-refractivity contribution in [2.45, 2.75) is 76.9 Å². The highest BCUT2D eigenvalue weighted by Gasteiger charge is 2.62. The van der Waals surface area contributed by atoms with Crippen molar-refractivity contribution < 1.29 is 22.1 Å². The van der Waals surface area contributed by atoms with Gasteiger partial charge >= 0.3 is 16.3 Å². The van der Waals surface area contributed by atoms with Crippen LogP contribution in [-0.4, -0.2) is 32.6 Å². The highest BCUT2D eigenvalue weighted by Crippen LogP contribution is 2.60. The summed E-state index contributed by atoms with van der Waals surface area (Å²) in [6.07, 6.45) is 5.42. The second kappa shape index (κ2) is 5.68. The normalized spacial score (nSPS) is 38.3. The van der Waals surface area contributed by atoms with Crippen molar-refractivity contribution in [1.82, 2.24) is 4.72 Å². The third kappa shape index (κ3) is 3.22. The fourth-order valence-corrected chi connectivity index (χ4v) is 5.81. The van der Waals surface area contributed by atoms with Gasteiger partial charge in [-0.1, -0.05) is 6.92 Å². The van der Waals surface area contributed by atoms with Crippen molar-refractivity contribution >= 4 is 16.3 Å². The number of carbonyl (C=O) groups excluding carboxylic acids is 1. The van der Waals surface area contributed by atoms with E-state index in [9.17, 15) is 13.2 Å². The lowest BCUT2D eigenvalue weighted by molar-refractivity contribution is -0.219. The van der Waals surface area contributed by atoms with Crippen LogP contribution in [0.4, 0.5) is 0 Å². The molecule has 4 fully saturated rings. The molecule has 2 unspecified atom stereocenters. The molecule has 1 N–H and O–H groups in total. The van der Waals surface area contributed by atoms with E-state index in [4.69, 9.17) is 8.92 Å². The molecule has 6 nitrogen and oxygen atoms in total. The van der Waals surface area contributed by atoms with Gasteiger partial charge in [0.1, 0.15) is 5.60 Å². The zero-order valence-electron chi connectivity index (χ0n) is 15.1. The molecule has 0 radical (unpaired) electrons. The van der Waals surface area contributed by atoms with Gasteiger partial charge in [0.05, 0.1) is 11.0 Å². The maximum absolute atomic E-state index is 12.6. The van der Waals surface area contributed by atoms with E-state index >= 15 is 0 Å². The molecule has 4 bridgehead atoms. The molecule has 0 saturated heterocycles. The summed E-state index contributed by atoms with van der Waals surface area (Å²) in [6, 6.07) is 0.